The molecule has 2 nitrogen and oxygen atoms in total. The quantitative estimate of drug-likeness (QED) is 0.212. The highest BCUT2D eigenvalue weighted by Crippen LogP contribution is 2.33. The summed E-state index contributed by atoms with van der Waals surface area (Å²) in [6.07, 6.45) is 6.34. The molecule has 3 heteroatoms. The van der Waals surface area contributed by atoms with Crippen LogP contribution in [0.2, 0.25) is 0 Å². The monoisotopic (exact) mass is 466 g/mol. The molecule has 0 amide bonds. The topological polar surface area (TPSA) is 6.48 Å². The molecule has 1 aromatic rings. The highest BCUT2D eigenvalue weighted by Gasteiger charge is 2.24. The Kier molecular flexibility index (Phi) is 10.9. The fraction of sp³-hybridized carbons (Fsp3) is 0.533. The van der Waals surface area contributed by atoms with Gasteiger partial charge in [0.1, 0.15) is 0 Å². The predicted molar refractivity (Wildman–Crippen MR) is 149 cm³/mol. The second-order valence-corrected chi connectivity index (χ2v) is 10.9. The molecule has 0 N–H and O–H groups in total. The molecule has 0 saturated carbocycles. The van der Waals surface area contributed by atoms with Crippen LogP contribution in [0.25, 0.3) is 5.70 Å². The number of aryl methyl sites for hydroxylation is 1. The summed E-state index contributed by atoms with van der Waals surface area (Å²) in [7, 11) is 0. The average Bonchev–Trinajstić information content (AvgIpc) is 2.80. The van der Waals surface area contributed by atoms with Crippen molar-refractivity contribution in [3.63, 3.8) is 0 Å². The molecule has 2 rings (SSSR count). The summed E-state index contributed by atoms with van der Waals surface area (Å²) in [5, 5.41) is 0. The Labute approximate surface area is 208 Å². The summed E-state index contributed by atoms with van der Waals surface area (Å²) in [6, 6.07) is 6.63. The van der Waals surface area contributed by atoms with Gasteiger partial charge in [-0.3, -0.25) is 0 Å². The van der Waals surface area contributed by atoms with E-state index in [4.69, 9.17) is 0 Å². The Morgan fingerprint density at radius 3 is 2.15 bits per heavy atom. The first-order valence-corrected chi connectivity index (χ1v) is 13.5. The maximum atomic E-state index is 4.56. The maximum absolute atomic E-state index is 4.56. The number of nitrogens with zero attached hydrogens (tertiary/aromatic N) is 2. The van der Waals surface area contributed by atoms with E-state index >= 15 is 0 Å². The number of allylic oxidation sites excluding steroid dienone is 2. The van der Waals surface area contributed by atoms with E-state index in [0.29, 0.717) is 5.92 Å². The van der Waals surface area contributed by atoms with Gasteiger partial charge in [-0.2, -0.15) is 0 Å². The third kappa shape index (κ3) is 7.84. The zero-order valence-corrected chi connectivity index (χ0v) is 22.7. The van der Waals surface area contributed by atoms with E-state index in [9.17, 15) is 0 Å². The van der Waals surface area contributed by atoms with Gasteiger partial charge >= 0.3 is 0 Å². The minimum absolute atomic E-state index is 0.625. The van der Waals surface area contributed by atoms with Crippen molar-refractivity contribution in [2.24, 2.45) is 11.8 Å². The third-order valence-electron chi connectivity index (χ3n) is 7.11. The molecule has 1 aromatic carbocycles. The first-order valence-electron chi connectivity index (χ1n) is 12.7. The molecule has 0 spiro atoms. The number of hydrogen-bond acceptors (Lipinski definition) is 3. The first kappa shape index (κ1) is 27.4. The van der Waals surface area contributed by atoms with Gasteiger partial charge in [-0.15, -0.1) is 0 Å². The zero-order chi connectivity index (χ0) is 24.5. The average molecular weight is 467 g/mol. The lowest BCUT2D eigenvalue weighted by Crippen LogP contribution is -2.45. The van der Waals surface area contributed by atoms with Crippen molar-refractivity contribution < 1.29 is 0 Å². The van der Waals surface area contributed by atoms with Gasteiger partial charge in [0.05, 0.1) is 0 Å². The summed E-state index contributed by atoms with van der Waals surface area (Å²) in [5.74, 6) is 1.43. The molecule has 0 aromatic heterocycles. The van der Waals surface area contributed by atoms with Crippen LogP contribution in [0.5, 0.6) is 0 Å². The van der Waals surface area contributed by atoms with Gasteiger partial charge in [-0.25, -0.2) is 0 Å². The van der Waals surface area contributed by atoms with Crippen molar-refractivity contribution in [2.45, 2.75) is 71.6 Å². The number of thioether (sulfide) groups is 1. The minimum atomic E-state index is 0.625. The van der Waals surface area contributed by atoms with Crippen LogP contribution in [0.1, 0.15) is 70.9 Å². The van der Waals surface area contributed by atoms with Crippen LogP contribution in [0.3, 0.4) is 0 Å². The van der Waals surface area contributed by atoms with E-state index in [1.165, 1.54) is 53.8 Å². The summed E-state index contributed by atoms with van der Waals surface area (Å²) >= 11 is 1.69. The summed E-state index contributed by atoms with van der Waals surface area (Å²) < 4.78 is 0. The molecule has 0 aliphatic carbocycles. The number of piperazine rings is 1. The standard InChI is InChI=1S/C30H46N2S/c1-10-12-28(14-13-23(5)11-2)25(7)31-17-19-32(20-18-31)26(8)30-16-15-29(21-24(30)6)33-27(9)22(3)4/h15-16,21,23,28H,3,7-14,17-20H2,1-2,4-6H3. The van der Waals surface area contributed by atoms with Gasteiger partial charge in [-0.05, 0) is 61.8 Å². The van der Waals surface area contributed by atoms with Crippen LogP contribution in [-0.2, 0) is 0 Å². The molecule has 0 radical (unpaired) electrons. The molecular weight excluding hydrogens is 420 g/mol. The SMILES string of the molecule is C=C(C)C(=C)Sc1ccc(C(=C)N2CCN(C(=C)C(CCC)CCC(C)CC)CC2)c(C)c1. The fourth-order valence-corrected chi connectivity index (χ4v) is 5.29. The zero-order valence-electron chi connectivity index (χ0n) is 21.9. The Morgan fingerprint density at radius 1 is 0.970 bits per heavy atom. The molecule has 33 heavy (non-hydrogen) atoms. The molecule has 1 fully saturated rings. The van der Waals surface area contributed by atoms with E-state index in [2.05, 4.69) is 82.0 Å². The number of rotatable bonds is 13. The molecule has 1 heterocycles. The molecule has 1 aliphatic heterocycles. The van der Waals surface area contributed by atoms with Crippen molar-refractivity contribution in [1.82, 2.24) is 9.80 Å². The van der Waals surface area contributed by atoms with Gasteiger partial charge in [0.2, 0.25) is 0 Å². The molecule has 0 bridgehead atoms. The highest BCUT2D eigenvalue weighted by molar-refractivity contribution is 8.03. The van der Waals surface area contributed by atoms with Crippen molar-refractivity contribution in [1.29, 1.82) is 0 Å². The van der Waals surface area contributed by atoms with Gasteiger partial charge in [0.25, 0.3) is 0 Å². The van der Waals surface area contributed by atoms with Crippen molar-refractivity contribution in [3.8, 4) is 0 Å². The minimum Gasteiger partial charge on any atom is -0.372 e. The predicted octanol–water partition coefficient (Wildman–Crippen LogP) is 8.52. The van der Waals surface area contributed by atoms with Gasteiger partial charge < -0.3 is 9.80 Å². The van der Waals surface area contributed by atoms with Crippen molar-refractivity contribution >= 4 is 17.5 Å². The Balaban J connectivity index is 1.96. The number of benzene rings is 1. The molecule has 182 valence electrons. The lowest BCUT2D eigenvalue weighted by atomic mass is 9.89. The summed E-state index contributed by atoms with van der Waals surface area (Å²) in [6.45, 7) is 32.4. The normalized spacial score (nSPS) is 15.8. The number of hydrogen-bond donors (Lipinski definition) is 0. The van der Waals surface area contributed by atoms with Crippen molar-refractivity contribution in [2.75, 3.05) is 26.2 Å². The Morgan fingerprint density at radius 2 is 1.61 bits per heavy atom. The summed E-state index contributed by atoms with van der Waals surface area (Å²) in [4.78, 5) is 7.20. The van der Waals surface area contributed by atoms with Crippen LogP contribution in [-0.4, -0.2) is 36.0 Å². The summed E-state index contributed by atoms with van der Waals surface area (Å²) in [5.41, 5.74) is 6.02. The van der Waals surface area contributed by atoms with E-state index in [-0.39, 0.29) is 0 Å². The van der Waals surface area contributed by atoms with Crippen LogP contribution >= 0.6 is 11.8 Å². The van der Waals surface area contributed by atoms with Gasteiger partial charge in [0.15, 0.2) is 0 Å². The second kappa shape index (κ2) is 13.1. The van der Waals surface area contributed by atoms with Crippen molar-refractivity contribution in [3.05, 3.63) is 71.8 Å². The molecule has 2 atom stereocenters. The van der Waals surface area contributed by atoms with Crippen LogP contribution < -0.4 is 0 Å². The lowest BCUT2D eigenvalue weighted by Gasteiger charge is -2.41. The Hall–Kier alpha value is -1.87. The lowest BCUT2D eigenvalue weighted by molar-refractivity contribution is 0.191. The van der Waals surface area contributed by atoms with E-state index in [0.717, 1.165) is 48.3 Å². The molecular formula is C30H46N2S. The third-order valence-corrected chi connectivity index (χ3v) is 8.19. The van der Waals surface area contributed by atoms with E-state index in [1.807, 2.05) is 6.92 Å². The second-order valence-electron chi connectivity index (χ2n) is 9.77. The first-order chi connectivity index (χ1) is 15.7. The largest absolute Gasteiger partial charge is 0.372 e. The van der Waals surface area contributed by atoms with Crippen LogP contribution in [0, 0.1) is 18.8 Å². The maximum Gasteiger partial charge on any atom is 0.0370 e. The van der Waals surface area contributed by atoms with Gasteiger partial charge in [0, 0.05) is 52.9 Å². The van der Waals surface area contributed by atoms with Crippen LogP contribution in [0.4, 0.5) is 0 Å². The smallest absolute Gasteiger partial charge is 0.0370 e. The molecule has 1 saturated heterocycles. The highest BCUT2D eigenvalue weighted by atomic mass is 32.2. The van der Waals surface area contributed by atoms with E-state index < -0.39 is 0 Å². The molecule has 2 unspecified atom stereocenters. The molecule has 1 aliphatic rings. The van der Waals surface area contributed by atoms with Gasteiger partial charge in [-0.1, -0.05) is 84.2 Å². The van der Waals surface area contributed by atoms with Crippen LogP contribution in [0.15, 0.2) is 65.6 Å². The van der Waals surface area contributed by atoms with E-state index in [1.54, 1.807) is 11.8 Å². The fourth-order valence-electron chi connectivity index (χ4n) is 4.46. The Bertz CT molecular complexity index is 845.